The van der Waals surface area contributed by atoms with Crippen LogP contribution in [0.2, 0.25) is 0 Å². The highest BCUT2D eigenvalue weighted by atomic mass is 16.5. The Morgan fingerprint density at radius 1 is 1.53 bits per heavy atom. The Balaban J connectivity index is 2.14. The molecule has 5 heteroatoms. The fourth-order valence-corrected chi connectivity index (χ4v) is 1.43. The van der Waals surface area contributed by atoms with Crippen LogP contribution in [0.3, 0.4) is 0 Å². The van der Waals surface area contributed by atoms with Gasteiger partial charge >= 0.3 is 0 Å². The second-order valence-electron chi connectivity index (χ2n) is 3.79. The van der Waals surface area contributed by atoms with E-state index in [1.165, 1.54) is 0 Å². The second-order valence-corrected chi connectivity index (χ2v) is 3.79. The Morgan fingerprint density at radius 3 is 3.00 bits per heavy atom. The molecule has 96 valence electrons. The molecule has 17 heavy (non-hydrogen) atoms. The molecule has 0 aliphatic heterocycles. The van der Waals surface area contributed by atoms with Crippen molar-refractivity contribution in [2.45, 2.75) is 39.7 Å². The molecule has 0 atom stereocenters. The summed E-state index contributed by atoms with van der Waals surface area (Å²) in [5.41, 5.74) is 1.09. The van der Waals surface area contributed by atoms with Gasteiger partial charge in [0.25, 0.3) is 0 Å². The molecule has 0 unspecified atom stereocenters. The van der Waals surface area contributed by atoms with Gasteiger partial charge in [-0.3, -0.25) is 4.79 Å². The number of nitrogens with one attached hydrogen (secondary N) is 2. The summed E-state index contributed by atoms with van der Waals surface area (Å²) in [6.45, 7) is 5.82. The summed E-state index contributed by atoms with van der Waals surface area (Å²) in [7, 11) is 0. The van der Waals surface area contributed by atoms with Gasteiger partial charge in [-0.2, -0.15) is 0 Å². The molecule has 0 aliphatic carbocycles. The summed E-state index contributed by atoms with van der Waals surface area (Å²) >= 11 is 0. The van der Waals surface area contributed by atoms with Crippen molar-refractivity contribution >= 4 is 5.91 Å². The molecule has 0 saturated heterocycles. The highest BCUT2D eigenvalue weighted by Gasteiger charge is 2.03. The van der Waals surface area contributed by atoms with E-state index in [0.29, 0.717) is 26.2 Å². The number of carbonyl (C=O) groups is 1. The van der Waals surface area contributed by atoms with Crippen LogP contribution in [-0.4, -0.2) is 29.1 Å². The van der Waals surface area contributed by atoms with Crippen LogP contribution in [0.5, 0.6) is 0 Å². The Morgan fingerprint density at radius 2 is 2.35 bits per heavy atom. The maximum atomic E-state index is 11.4. The molecule has 2 N–H and O–H groups in total. The van der Waals surface area contributed by atoms with Gasteiger partial charge in [-0.1, -0.05) is 6.92 Å². The van der Waals surface area contributed by atoms with Gasteiger partial charge in [0.15, 0.2) is 0 Å². The van der Waals surface area contributed by atoms with E-state index in [2.05, 4.69) is 22.2 Å². The van der Waals surface area contributed by atoms with Crippen molar-refractivity contribution in [2.24, 2.45) is 0 Å². The SMILES string of the molecule is CCOCCCC(=O)NCc1ncc(CC)[nH]1. The fourth-order valence-electron chi connectivity index (χ4n) is 1.43. The van der Waals surface area contributed by atoms with Crippen molar-refractivity contribution < 1.29 is 9.53 Å². The molecule has 1 aromatic rings. The lowest BCUT2D eigenvalue weighted by Gasteiger charge is -2.03. The summed E-state index contributed by atoms with van der Waals surface area (Å²) < 4.78 is 5.17. The lowest BCUT2D eigenvalue weighted by Crippen LogP contribution is -2.23. The Kier molecular flexibility index (Phi) is 6.32. The number of aromatic amines is 1. The molecule has 5 nitrogen and oxygen atoms in total. The van der Waals surface area contributed by atoms with E-state index in [1.807, 2.05) is 6.92 Å². The number of carbonyl (C=O) groups excluding carboxylic acids is 1. The van der Waals surface area contributed by atoms with E-state index in [4.69, 9.17) is 4.74 Å². The molecular formula is C12H21N3O2. The molecule has 0 bridgehead atoms. The van der Waals surface area contributed by atoms with Crippen molar-refractivity contribution in [1.82, 2.24) is 15.3 Å². The van der Waals surface area contributed by atoms with Crippen molar-refractivity contribution in [2.75, 3.05) is 13.2 Å². The first-order valence-corrected chi connectivity index (χ1v) is 6.13. The number of aryl methyl sites for hydroxylation is 1. The van der Waals surface area contributed by atoms with Crippen LogP contribution in [0.25, 0.3) is 0 Å². The average molecular weight is 239 g/mol. The predicted molar refractivity (Wildman–Crippen MR) is 65.5 cm³/mol. The predicted octanol–water partition coefficient (Wildman–Crippen LogP) is 1.40. The summed E-state index contributed by atoms with van der Waals surface area (Å²) in [4.78, 5) is 18.8. The molecule has 1 aromatic heterocycles. The number of nitrogens with zero attached hydrogens (tertiary/aromatic N) is 1. The van der Waals surface area contributed by atoms with E-state index in [0.717, 1.165) is 24.4 Å². The molecule has 0 fully saturated rings. The Bertz CT molecular complexity index is 336. The van der Waals surface area contributed by atoms with E-state index in [-0.39, 0.29) is 5.91 Å². The number of H-pyrrole nitrogens is 1. The monoisotopic (exact) mass is 239 g/mol. The molecular weight excluding hydrogens is 218 g/mol. The normalized spacial score (nSPS) is 10.5. The summed E-state index contributed by atoms with van der Waals surface area (Å²) in [6.07, 6.45) is 3.99. The van der Waals surface area contributed by atoms with Gasteiger partial charge in [0, 0.05) is 31.5 Å². The molecule has 0 aliphatic rings. The fraction of sp³-hybridized carbons (Fsp3) is 0.667. The van der Waals surface area contributed by atoms with Gasteiger partial charge in [-0.05, 0) is 19.8 Å². The first kappa shape index (κ1) is 13.7. The minimum Gasteiger partial charge on any atom is -0.382 e. The zero-order valence-corrected chi connectivity index (χ0v) is 10.6. The highest BCUT2D eigenvalue weighted by Crippen LogP contribution is 1.98. The minimum atomic E-state index is 0.0409. The molecule has 1 rings (SSSR count). The summed E-state index contributed by atoms with van der Waals surface area (Å²) in [5, 5.41) is 2.83. The van der Waals surface area contributed by atoms with Crippen molar-refractivity contribution in [3.8, 4) is 0 Å². The zero-order chi connectivity index (χ0) is 12.5. The molecule has 0 saturated carbocycles. The maximum absolute atomic E-state index is 11.4. The highest BCUT2D eigenvalue weighted by molar-refractivity contribution is 5.75. The number of imidazole rings is 1. The number of ether oxygens (including phenoxy) is 1. The largest absolute Gasteiger partial charge is 0.382 e. The Hall–Kier alpha value is -1.36. The third-order valence-corrected chi connectivity index (χ3v) is 2.41. The topological polar surface area (TPSA) is 67.0 Å². The van der Waals surface area contributed by atoms with Crippen LogP contribution >= 0.6 is 0 Å². The number of rotatable bonds is 8. The Labute approximate surface area is 102 Å². The van der Waals surface area contributed by atoms with Gasteiger partial charge in [0.2, 0.25) is 5.91 Å². The third kappa shape index (κ3) is 5.49. The van der Waals surface area contributed by atoms with Crippen LogP contribution in [0.1, 0.15) is 38.2 Å². The maximum Gasteiger partial charge on any atom is 0.220 e. The lowest BCUT2D eigenvalue weighted by molar-refractivity contribution is -0.121. The zero-order valence-electron chi connectivity index (χ0n) is 10.6. The third-order valence-electron chi connectivity index (χ3n) is 2.41. The molecule has 0 aromatic carbocycles. The van der Waals surface area contributed by atoms with Crippen LogP contribution in [0.15, 0.2) is 6.20 Å². The number of hydrogen-bond donors (Lipinski definition) is 2. The van der Waals surface area contributed by atoms with Gasteiger partial charge in [0.05, 0.1) is 6.54 Å². The van der Waals surface area contributed by atoms with E-state index in [9.17, 15) is 4.79 Å². The van der Waals surface area contributed by atoms with Gasteiger partial charge in [-0.25, -0.2) is 4.98 Å². The first-order chi connectivity index (χ1) is 8.26. The molecule has 1 heterocycles. The number of hydrogen-bond acceptors (Lipinski definition) is 3. The minimum absolute atomic E-state index is 0.0409. The average Bonchev–Trinajstić information content (AvgIpc) is 2.80. The molecule has 1 amide bonds. The van der Waals surface area contributed by atoms with Crippen LogP contribution in [0, 0.1) is 0 Å². The van der Waals surface area contributed by atoms with Crippen LogP contribution in [0.4, 0.5) is 0 Å². The van der Waals surface area contributed by atoms with Crippen molar-refractivity contribution in [3.63, 3.8) is 0 Å². The quantitative estimate of drug-likeness (QED) is 0.674. The van der Waals surface area contributed by atoms with Crippen molar-refractivity contribution in [3.05, 3.63) is 17.7 Å². The smallest absolute Gasteiger partial charge is 0.220 e. The standard InChI is InChI=1S/C12H21N3O2/c1-3-10-8-13-11(15-10)9-14-12(16)6-5-7-17-4-2/h8H,3-7,9H2,1-2H3,(H,13,15)(H,14,16). The second kappa shape index (κ2) is 7.84. The number of aromatic nitrogens is 2. The molecule has 0 spiro atoms. The molecule has 0 radical (unpaired) electrons. The van der Waals surface area contributed by atoms with E-state index in [1.54, 1.807) is 6.20 Å². The van der Waals surface area contributed by atoms with Gasteiger partial charge < -0.3 is 15.0 Å². The number of amides is 1. The van der Waals surface area contributed by atoms with E-state index < -0.39 is 0 Å². The summed E-state index contributed by atoms with van der Waals surface area (Å²) in [5.74, 6) is 0.846. The summed E-state index contributed by atoms with van der Waals surface area (Å²) in [6, 6.07) is 0. The lowest BCUT2D eigenvalue weighted by atomic mass is 10.3. The van der Waals surface area contributed by atoms with Crippen LogP contribution < -0.4 is 5.32 Å². The first-order valence-electron chi connectivity index (χ1n) is 6.13. The van der Waals surface area contributed by atoms with Crippen molar-refractivity contribution in [1.29, 1.82) is 0 Å². The van der Waals surface area contributed by atoms with Gasteiger partial charge in [-0.15, -0.1) is 0 Å². The van der Waals surface area contributed by atoms with Gasteiger partial charge in [0.1, 0.15) is 5.82 Å². The van der Waals surface area contributed by atoms with E-state index >= 15 is 0 Å². The van der Waals surface area contributed by atoms with Crippen LogP contribution in [-0.2, 0) is 22.5 Å².